The monoisotopic (exact) mass is 628 g/mol. The van der Waals surface area contributed by atoms with Crippen LogP contribution in [-0.4, -0.2) is 83.3 Å². The van der Waals surface area contributed by atoms with E-state index >= 15 is 8.78 Å². The zero-order valence-corrected chi connectivity index (χ0v) is 25.1. The second-order valence-electron chi connectivity index (χ2n) is 11.7. The van der Waals surface area contributed by atoms with Crippen LogP contribution in [-0.2, 0) is 11.3 Å². The van der Waals surface area contributed by atoms with E-state index in [4.69, 9.17) is 14.8 Å². The molecule has 242 valence electrons. The second-order valence-corrected chi connectivity index (χ2v) is 11.7. The van der Waals surface area contributed by atoms with Crippen LogP contribution in [0.3, 0.4) is 0 Å². The van der Waals surface area contributed by atoms with E-state index in [1.54, 1.807) is 18.0 Å². The molecular formula is C32H39F3N6O4. The van der Waals surface area contributed by atoms with Crippen molar-refractivity contribution in [3.63, 3.8) is 0 Å². The molecule has 3 amide bonds. The third kappa shape index (κ3) is 8.14. The van der Waals surface area contributed by atoms with Crippen molar-refractivity contribution < 1.29 is 32.6 Å². The van der Waals surface area contributed by atoms with E-state index in [0.29, 0.717) is 45.0 Å². The van der Waals surface area contributed by atoms with Gasteiger partial charge in [-0.2, -0.15) is 0 Å². The van der Waals surface area contributed by atoms with E-state index in [9.17, 15) is 14.0 Å². The average Bonchev–Trinajstić information content (AvgIpc) is 3.63. The molecule has 1 unspecified atom stereocenters. The number of amides is 3. The van der Waals surface area contributed by atoms with Crippen LogP contribution < -0.4 is 16.0 Å². The van der Waals surface area contributed by atoms with Crippen molar-refractivity contribution in [2.24, 2.45) is 11.8 Å². The van der Waals surface area contributed by atoms with Crippen LogP contribution >= 0.6 is 0 Å². The Morgan fingerprint density at radius 2 is 1.91 bits per heavy atom. The predicted octanol–water partition coefficient (Wildman–Crippen LogP) is 4.57. The summed E-state index contributed by atoms with van der Waals surface area (Å²) in [5, 5.41) is 17.3. The number of hydrogen-bond donors (Lipinski definition) is 4. The SMILES string of the molecule is CC(CNC(=O)O)NC(=O)N(C[C@@H]1CNC[C@@H]1F)[C@@H](c1nc(-c2cc(F)ccc2F)cn1Cc1ccccc1)C1CCOCC1. The number of urea groups is 1. The van der Waals surface area contributed by atoms with Gasteiger partial charge in [0.2, 0.25) is 0 Å². The minimum absolute atomic E-state index is 0.0121. The molecule has 3 aromatic rings. The normalized spacial score (nSPS) is 20.0. The Kier molecular flexibility index (Phi) is 10.6. The number of ether oxygens (including phenoxy) is 1. The summed E-state index contributed by atoms with van der Waals surface area (Å²) >= 11 is 0. The number of imidazole rings is 1. The summed E-state index contributed by atoms with van der Waals surface area (Å²) in [5.74, 6) is -1.44. The van der Waals surface area contributed by atoms with Crippen molar-refractivity contribution in [3.05, 3.63) is 77.8 Å². The molecule has 2 aliphatic heterocycles. The van der Waals surface area contributed by atoms with E-state index in [1.807, 2.05) is 34.9 Å². The van der Waals surface area contributed by atoms with Gasteiger partial charge in [-0.3, -0.25) is 0 Å². The quantitative estimate of drug-likeness (QED) is 0.247. The summed E-state index contributed by atoms with van der Waals surface area (Å²) in [6.45, 7) is 3.50. The molecule has 0 bridgehead atoms. The highest BCUT2D eigenvalue weighted by Gasteiger charge is 2.40. The summed E-state index contributed by atoms with van der Waals surface area (Å²) in [5.41, 5.74) is 1.13. The number of carbonyl (C=O) groups is 2. The van der Waals surface area contributed by atoms with Gasteiger partial charge in [-0.05, 0) is 49.4 Å². The summed E-state index contributed by atoms with van der Waals surface area (Å²) in [4.78, 5) is 31.7. The van der Waals surface area contributed by atoms with Crippen LogP contribution in [0.1, 0.15) is 37.2 Å². The molecule has 0 aliphatic carbocycles. The maximum Gasteiger partial charge on any atom is 0.404 e. The standard InChI is InChI=1S/C32H39F3N6O4/c1-20(14-37-32(43)44)38-31(42)41(18-23-15-36-16-27(23)35)29(22-9-11-45-12-10-22)30-39-28(25-13-24(33)7-8-26(25)34)19-40(30)17-21-5-3-2-4-6-21/h2-8,13,19-20,22-23,27,29,36-37H,9-12,14-18H2,1H3,(H,38,42)(H,43,44)/t20?,23-,27-,29+/m0/s1. The van der Waals surface area contributed by atoms with Gasteiger partial charge in [0.15, 0.2) is 0 Å². The number of benzene rings is 2. The van der Waals surface area contributed by atoms with Crippen LogP contribution in [0.25, 0.3) is 11.3 Å². The van der Waals surface area contributed by atoms with E-state index in [-0.39, 0.29) is 36.8 Å². The number of nitrogens with one attached hydrogen (secondary N) is 3. The Morgan fingerprint density at radius 3 is 2.60 bits per heavy atom. The maximum absolute atomic E-state index is 15.1. The molecule has 45 heavy (non-hydrogen) atoms. The van der Waals surface area contributed by atoms with Crippen LogP contribution in [0.2, 0.25) is 0 Å². The van der Waals surface area contributed by atoms with Gasteiger partial charge in [0.1, 0.15) is 23.6 Å². The molecule has 4 N–H and O–H groups in total. The zero-order chi connectivity index (χ0) is 31.9. The minimum atomic E-state index is -1.22. The largest absolute Gasteiger partial charge is 0.465 e. The van der Waals surface area contributed by atoms with Gasteiger partial charge in [-0.15, -0.1) is 0 Å². The Hall–Kier alpha value is -4.10. The fourth-order valence-electron chi connectivity index (χ4n) is 6.07. The minimum Gasteiger partial charge on any atom is -0.465 e. The van der Waals surface area contributed by atoms with Gasteiger partial charge in [-0.25, -0.2) is 27.7 Å². The summed E-state index contributed by atoms with van der Waals surface area (Å²) < 4.78 is 51.9. The number of carbonyl (C=O) groups excluding carboxylic acids is 1. The average molecular weight is 629 g/mol. The number of hydrogen-bond acceptors (Lipinski definition) is 5. The smallest absolute Gasteiger partial charge is 0.404 e. The molecule has 5 rings (SSSR count). The van der Waals surface area contributed by atoms with Gasteiger partial charge in [-0.1, -0.05) is 30.3 Å². The highest BCUT2D eigenvalue weighted by atomic mass is 19.1. The third-order valence-corrected chi connectivity index (χ3v) is 8.40. The molecular weight excluding hydrogens is 589 g/mol. The number of nitrogens with zero attached hydrogens (tertiary/aromatic N) is 3. The lowest BCUT2D eigenvalue weighted by molar-refractivity contribution is 0.0255. The van der Waals surface area contributed by atoms with E-state index in [1.165, 1.54) is 0 Å². The van der Waals surface area contributed by atoms with Crippen molar-refractivity contribution in [2.45, 2.75) is 44.6 Å². The summed E-state index contributed by atoms with van der Waals surface area (Å²) in [6, 6.07) is 11.0. The Bertz CT molecular complexity index is 1450. The lowest BCUT2D eigenvalue weighted by atomic mass is 9.89. The van der Waals surface area contributed by atoms with Gasteiger partial charge < -0.3 is 35.3 Å². The van der Waals surface area contributed by atoms with Crippen molar-refractivity contribution in [3.8, 4) is 11.3 Å². The van der Waals surface area contributed by atoms with Gasteiger partial charge >= 0.3 is 12.1 Å². The lowest BCUT2D eigenvalue weighted by Crippen LogP contribution is -2.52. The molecule has 1 aromatic heterocycles. The number of aromatic nitrogens is 2. The molecule has 2 saturated heterocycles. The summed E-state index contributed by atoms with van der Waals surface area (Å²) in [6.07, 6.45) is 0.452. The second kappa shape index (κ2) is 14.8. The lowest BCUT2D eigenvalue weighted by Gasteiger charge is -2.40. The topological polar surface area (TPSA) is 121 Å². The third-order valence-electron chi connectivity index (χ3n) is 8.40. The molecule has 2 aliphatic rings. The van der Waals surface area contributed by atoms with E-state index in [2.05, 4.69) is 16.0 Å². The molecule has 3 heterocycles. The number of carboxylic acid groups (broad SMARTS) is 1. The van der Waals surface area contributed by atoms with Crippen LogP contribution in [0.15, 0.2) is 54.7 Å². The summed E-state index contributed by atoms with van der Waals surface area (Å²) in [7, 11) is 0. The number of rotatable bonds is 11. The van der Waals surface area contributed by atoms with Crippen LogP contribution in [0, 0.1) is 23.5 Å². The molecule has 0 spiro atoms. The van der Waals surface area contributed by atoms with Crippen LogP contribution in [0.4, 0.5) is 22.8 Å². The van der Waals surface area contributed by atoms with Gasteiger partial charge in [0, 0.05) is 69.7 Å². The van der Waals surface area contributed by atoms with E-state index in [0.717, 1.165) is 23.8 Å². The van der Waals surface area contributed by atoms with Crippen molar-refractivity contribution >= 4 is 12.1 Å². The molecule has 0 radical (unpaired) electrons. The molecule has 13 heteroatoms. The first-order valence-electron chi connectivity index (χ1n) is 15.2. The molecule has 2 fully saturated rings. The maximum atomic E-state index is 15.1. The fraction of sp³-hybridized carbons (Fsp3) is 0.469. The van der Waals surface area contributed by atoms with Gasteiger partial charge in [0.25, 0.3) is 0 Å². The zero-order valence-electron chi connectivity index (χ0n) is 25.1. The Balaban J connectivity index is 1.61. The van der Waals surface area contributed by atoms with Crippen molar-refractivity contribution in [2.75, 3.05) is 39.4 Å². The first-order chi connectivity index (χ1) is 21.7. The number of alkyl halides is 1. The van der Waals surface area contributed by atoms with Gasteiger partial charge in [0.05, 0.1) is 11.7 Å². The van der Waals surface area contributed by atoms with Crippen molar-refractivity contribution in [1.82, 2.24) is 30.4 Å². The molecule has 10 nitrogen and oxygen atoms in total. The Labute approximate surface area is 260 Å². The van der Waals surface area contributed by atoms with Crippen molar-refractivity contribution in [1.29, 1.82) is 0 Å². The highest BCUT2D eigenvalue weighted by Crippen LogP contribution is 2.38. The molecule has 4 atom stereocenters. The number of halogens is 3. The predicted molar refractivity (Wildman–Crippen MR) is 161 cm³/mol. The van der Waals surface area contributed by atoms with E-state index < -0.39 is 47.9 Å². The fourth-order valence-corrected chi connectivity index (χ4v) is 6.07. The highest BCUT2D eigenvalue weighted by molar-refractivity contribution is 5.75. The Morgan fingerprint density at radius 1 is 1.16 bits per heavy atom. The molecule has 0 saturated carbocycles. The first-order valence-corrected chi connectivity index (χ1v) is 15.2. The molecule has 2 aromatic carbocycles. The first kappa shape index (κ1) is 32.3. The van der Waals surface area contributed by atoms with Crippen LogP contribution in [0.5, 0.6) is 0 Å².